The van der Waals surface area contributed by atoms with Crippen LogP contribution in [-0.2, 0) is 11.0 Å². The maximum absolute atomic E-state index is 13.5. The highest BCUT2D eigenvalue weighted by Crippen LogP contribution is 2.51. The number of nitrogens with one attached hydrogen (secondary N) is 2. The third-order valence-corrected chi connectivity index (χ3v) is 6.65. The topological polar surface area (TPSA) is 68.2 Å². The van der Waals surface area contributed by atoms with E-state index in [9.17, 15) is 22.4 Å². The number of nitrogens with zero attached hydrogens (tertiary/aromatic N) is 2. The third kappa shape index (κ3) is 3.65. The van der Waals surface area contributed by atoms with E-state index in [1.807, 2.05) is 0 Å². The van der Waals surface area contributed by atoms with Crippen LogP contribution < -0.4 is 15.5 Å². The molecule has 2 aromatic carbocycles. The molecule has 0 saturated carbocycles. The molecule has 2 N–H and O–H groups in total. The maximum atomic E-state index is 13.5. The zero-order valence-electron chi connectivity index (χ0n) is 15.9. The summed E-state index contributed by atoms with van der Waals surface area (Å²) in [6, 6.07) is 8.08. The van der Waals surface area contributed by atoms with Crippen LogP contribution in [0.2, 0.25) is 5.02 Å². The van der Waals surface area contributed by atoms with Crippen molar-refractivity contribution in [3.8, 4) is 5.75 Å². The minimum atomic E-state index is -4.62. The van der Waals surface area contributed by atoms with Gasteiger partial charge < -0.3 is 15.5 Å². The number of rotatable bonds is 2. The molecule has 0 aliphatic carbocycles. The molecular weight excluding hydrogens is 472 g/mol. The fourth-order valence-electron chi connectivity index (χ4n) is 3.65. The number of thioether (sulfide) groups is 1. The Bertz CT molecular complexity index is 1220. The minimum Gasteiger partial charge on any atom is -0.480 e. The third-order valence-electron chi connectivity index (χ3n) is 5.07. The van der Waals surface area contributed by atoms with Gasteiger partial charge in [0, 0.05) is 0 Å². The summed E-state index contributed by atoms with van der Waals surface area (Å²) in [5.41, 5.74) is 3.47. The number of alkyl halides is 3. The lowest BCUT2D eigenvalue weighted by Gasteiger charge is -2.35. The zero-order chi connectivity index (χ0) is 22.6. The normalized spacial score (nSPS) is 20.0. The number of fused-ring (bicyclic) bond motifs is 2. The smallest absolute Gasteiger partial charge is 0.434 e. The second kappa shape index (κ2) is 7.59. The van der Waals surface area contributed by atoms with E-state index < -0.39 is 29.0 Å². The fourth-order valence-corrected chi connectivity index (χ4v) is 5.16. The molecule has 1 aromatic heterocycles. The van der Waals surface area contributed by atoms with Crippen LogP contribution in [0.3, 0.4) is 0 Å². The number of aromatic nitrogens is 2. The lowest BCUT2D eigenvalue weighted by Crippen LogP contribution is -2.33. The molecule has 2 atom stereocenters. The van der Waals surface area contributed by atoms with Crippen LogP contribution in [-0.4, -0.2) is 22.2 Å². The van der Waals surface area contributed by atoms with Crippen LogP contribution in [0.25, 0.3) is 0 Å². The van der Waals surface area contributed by atoms with Crippen LogP contribution in [0.4, 0.5) is 23.2 Å². The van der Waals surface area contributed by atoms with Gasteiger partial charge in [-0.25, -0.2) is 14.1 Å². The van der Waals surface area contributed by atoms with Crippen LogP contribution in [0.1, 0.15) is 28.1 Å². The van der Waals surface area contributed by atoms with Gasteiger partial charge >= 0.3 is 6.18 Å². The van der Waals surface area contributed by atoms with Crippen LogP contribution in [0, 0.1) is 5.82 Å². The highest BCUT2D eigenvalue weighted by molar-refractivity contribution is 7.99. The predicted octanol–water partition coefficient (Wildman–Crippen LogP) is 5.16. The van der Waals surface area contributed by atoms with Crippen molar-refractivity contribution in [1.82, 2.24) is 9.66 Å². The van der Waals surface area contributed by atoms with Crippen molar-refractivity contribution in [2.75, 3.05) is 17.3 Å². The number of hydrogen-bond donors (Lipinski definition) is 2. The molecule has 0 radical (unpaired) electrons. The number of ether oxygens (including phenoxy) is 1. The number of imidazole rings is 1. The minimum absolute atomic E-state index is 0.106. The lowest BCUT2D eigenvalue weighted by molar-refractivity contribution is -0.143. The molecule has 5 rings (SSSR count). The van der Waals surface area contributed by atoms with Gasteiger partial charge in [-0.2, -0.15) is 13.2 Å². The van der Waals surface area contributed by atoms with Crippen molar-refractivity contribution in [2.45, 2.75) is 22.6 Å². The van der Waals surface area contributed by atoms with Crippen molar-refractivity contribution in [3.05, 3.63) is 70.3 Å². The van der Waals surface area contributed by atoms with E-state index in [-0.39, 0.29) is 22.7 Å². The number of benzene rings is 2. The van der Waals surface area contributed by atoms with Gasteiger partial charge in [0.1, 0.15) is 5.82 Å². The summed E-state index contributed by atoms with van der Waals surface area (Å²) in [4.78, 5) is 15.7. The van der Waals surface area contributed by atoms with Gasteiger partial charge in [0.25, 0.3) is 5.91 Å². The first-order valence-corrected chi connectivity index (χ1v) is 10.6. The number of halogens is 5. The maximum Gasteiger partial charge on any atom is 0.434 e. The molecular formula is C20H13ClF4N4O2S. The Morgan fingerprint density at radius 1 is 1.19 bits per heavy atom. The van der Waals surface area contributed by atoms with E-state index in [2.05, 4.69) is 15.7 Å². The lowest BCUT2D eigenvalue weighted by atomic mass is 9.97. The Hall–Kier alpha value is -2.92. The molecule has 0 saturated heterocycles. The molecule has 0 spiro atoms. The first kappa shape index (κ1) is 21.0. The van der Waals surface area contributed by atoms with Crippen molar-refractivity contribution in [1.29, 1.82) is 0 Å². The summed E-state index contributed by atoms with van der Waals surface area (Å²) in [7, 11) is 0. The van der Waals surface area contributed by atoms with Gasteiger partial charge in [0.05, 0.1) is 28.2 Å². The first-order chi connectivity index (χ1) is 15.2. The summed E-state index contributed by atoms with van der Waals surface area (Å²) >= 11 is 7.47. The van der Waals surface area contributed by atoms with E-state index in [4.69, 9.17) is 16.3 Å². The van der Waals surface area contributed by atoms with Crippen molar-refractivity contribution in [3.63, 3.8) is 0 Å². The number of amides is 1. The number of carbonyl (C=O) groups excluding carboxylic acids is 1. The predicted molar refractivity (Wildman–Crippen MR) is 110 cm³/mol. The van der Waals surface area contributed by atoms with Gasteiger partial charge in [-0.05, 0) is 35.4 Å². The Labute approximate surface area is 187 Å². The van der Waals surface area contributed by atoms with Crippen molar-refractivity contribution >= 4 is 35.0 Å². The Kier molecular flexibility index (Phi) is 4.97. The Morgan fingerprint density at radius 3 is 2.66 bits per heavy atom. The largest absolute Gasteiger partial charge is 0.480 e. The van der Waals surface area contributed by atoms with Gasteiger partial charge in [-0.3, -0.25) is 4.79 Å². The molecule has 1 amide bonds. The quantitative estimate of drug-likeness (QED) is 0.492. The zero-order valence-corrected chi connectivity index (χ0v) is 17.5. The monoisotopic (exact) mass is 484 g/mol. The van der Waals surface area contributed by atoms with Gasteiger partial charge in [0.15, 0.2) is 23.2 Å². The highest BCUT2D eigenvalue weighted by atomic mass is 35.5. The number of anilines is 1. The summed E-state index contributed by atoms with van der Waals surface area (Å²) < 4.78 is 60.1. The molecule has 166 valence electrons. The first-order valence-electron chi connectivity index (χ1n) is 9.30. The molecule has 6 nitrogen and oxygen atoms in total. The van der Waals surface area contributed by atoms with Crippen molar-refractivity contribution < 1.29 is 27.1 Å². The molecule has 2 aliphatic heterocycles. The van der Waals surface area contributed by atoms with E-state index in [1.165, 1.54) is 24.3 Å². The average molecular weight is 485 g/mol. The van der Waals surface area contributed by atoms with Crippen molar-refractivity contribution in [2.24, 2.45) is 0 Å². The van der Waals surface area contributed by atoms with Crippen LogP contribution in [0.5, 0.6) is 5.75 Å². The highest BCUT2D eigenvalue weighted by Gasteiger charge is 2.41. The molecule has 2 unspecified atom stereocenters. The molecule has 3 aromatic rings. The summed E-state index contributed by atoms with van der Waals surface area (Å²) in [5, 5.41) is 2.54. The number of hydrogen-bond acceptors (Lipinski definition) is 5. The summed E-state index contributed by atoms with van der Waals surface area (Å²) in [6.07, 6.45) is -3.86. The second-order valence-corrected chi connectivity index (χ2v) is 8.69. The SMILES string of the molecule is O=C1COc2c(Cl)cc(C3Sc4ncc(C(F)(F)F)n4NC3c3ccc(F)cc3)cc2N1. The van der Waals surface area contributed by atoms with E-state index >= 15 is 0 Å². The second-order valence-electron chi connectivity index (χ2n) is 7.17. The van der Waals surface area contributed by atoms with Crippen LogP contribution >= 0.6 is 23.4 Å². The molecule has 32 heavy (non-hydrogen) atoms. The number of carbonyl (C=O) groups is 1. The molecule has 3 heterocycles. The Morgan fingerprint density at radius 2 is 1.94 bits per heavy atom. The summed E-state index contributed by atoms with van der Waals surface area (Å²) in [5.74, 6) is -0.492. The molecule has 0 fully saturated rings. The van der Waals surface area contributed by atoms with E-state index in [0.717, 1.165) is 22.6 Å². The molecule has 12 heteroatoms. The van der Waals surface area contributed by atoms with Gasteiger partial charge in [-0.1, -0.05) is 35.5 Å². The molecule has 0 bridgehead atoms. The van der Waals surface area contributed by atoms with Crippen LogP contribution in [0.15, 0.2) is 47.8 Å². The standard InChI is InChI=1S/C20H13ClF4N4O2S/c21-12-5-10(6-13-17(12)31-8-15(30)27-13)18-16(9-1-3-11(22)4-2-9)28-29-14(20(23,24)25)7-26-19(29)32-18/h1-7,16,18,28H,8H2,(H,27,30). The van der Waals surface area contributed by atoms with Gasteiger partial charge in [0.2, 0.25) is 0 Å². The molecule has 2 aliphatic rings. The van der Waals surface area contributed by atoms with Gasteiger partial charge in [-0.15, -0.1) is 0 Å². The van der Waals surface area contributed by atoms with E-state index in [1.54, 1.807) is 12.1 Å². The average Bonchev–Trinajstić information content (AvgIpc) is 3.16. The Balaban J connectivity index is 1.62. The fraction of sp³-hybridized carbons (Fsp3) is 0.200. The summed E-state index contributed by atoms with van der Waals surface area (Å²) in [6.45, 7) is -0.165. The van der Waals surface area contributed by atoms with E-state index in [0.29, 0.717) is 22.6 Å².